The monoisotopic (exact) mass is 438 g/mol. The van der Waals surface area contributed by atoms with E-state index in [-0.39, 0.29) is 17.1 Å². The molecule has 0 radical (unpaired) electrons. The van der Waals surface area contributed by atoms with E-state index >= 15 is 0 Å². The van der Waals surface area contributed by atoms with Gasteiger partial charge in [0, 0.05) is 17.2 Å². The number of rotatable bonds is 8. The fourth-order valence-corrected chi connectivity index (χ4v) is 4.87. The highest BCUT2D eigenvalue weighted by atomic mass is 32.2. The summed E-state index contributed by atoms with van der Waals surface area (Å²) in [5, 5.41) is 1.23. The number of aryl methyl sites for hydroxylation is 2. The highest BCUT2D eigenvalue weighted by Crippen LogP contribution is 2.33. The van der Waals surface area contributed by atoms with E-state index in [1.54, 1.807) is 22.8 Å². The molecular weight excluding hydrogens is 418 g/mol. The summed E-state index contributed by atoms with van der Waals surface area (Å²) in [5.41, 5.74) is 1.69. The lowest BCUT2D eigenvalue weighted by atomic mass is 10.2. The van der Waals surface area contributed by atoms with Gasteiger partial charge in [0.05, 0.1) is 12.5 Å². The number of benzene rings is 1. The van der Waals surface area contributed by atoms with Crippen LogP contribution >= 0.6 is 23.1 Å². The van der Waals surface area contributed by atoms with Crippen LogP contribution in [0.5, 0.6) is 11.5 Å². The van der Waals surface area contributed by atoms with E-state index in [1.165, 1.54) is 36.3 Å². The molecule has 1 aromatic carbocycles. The molecule has 0 unspecified atom stereocenters. The first-order valence-corrected chi connectivity index (χ1v) is 10.5. The molecule has 0 amide bonds. The first-order valence-electron chi connectivity index (χ1n) is 8.71. The number of thiophene rings is 1. The van der Waals surface area contributed by atoms with Crippen molar-refractivity contribution < 1.29 is 18.3 Å². The summed E-state index contributed by atoms with van der Waals surface area (Å²) >= 11 is 2.89. The largest absolute Gasteiger partial charge is 0.493 e. The molecular formula is C20H20F2N2O3S2. The van der Waals surface area contributed by atoms with Gasteiger partial charge in [0.1, 0.15) is 4.83 Å². The van der Waals surface area contributed by atoms with E-state index in [0.29, 0.717) is 27.7 Å². The highest BCUT2D eigenvalue weighted by Gasteiger charge is 2.17. The smallest absolute Gasteiger partial charge is 0.387 e. The maximum absolute atomic E-state index is 13.0. The SMILES string of the molecule is C=CCn1c(SCc2ccc(OC(F)F)c(OC)c2)nc2sc(C)c(C)c2c1=O. The second-order valence-electron chi connectivity index (χ2n) is 6.21. The molecule has 154 valence electrons. The van der Waals surface area contributed by atoms with E-state index in [2.05, 4.69) is 11.3 Å². The van der Waals surface area contributed by atoms with Gasteiger partial charge in [-0.1, -0.05) is 23.9 Å². The molecule has 0 N–H and O–H groups in total. The molecule has 0 saturated carbocycles. The van der Waals surface area contributed by atoms with Crippen LogP contribution in [0.15, 0.2) is 40.8 Å². The van der Waals surface area contributed by atoms with E-state index in [4.69, 9.17) is 9.72 Å². The topological polar surface area (TPSA) is 53.4 Å². The van der Waals surface area contributed by atoms with Crippen molar-refractivity contribution in [1.82, 2.24) is 9.55 Å². The van der Waals surface area contributed by atoms with Crippen LogP contribution in [0.25, 0.3) is 10.2 Å². The Balaban J connectivity index is 1.93. The van der Waals surface area contributed by atoms with Crippen LogP contribution in [0.3, 0.4) is 0 Å². The Bertz CT molecular complexity index is 1110. The zero-order valence-electron chi connectivity index (χ0n) is 16.2. The minimum absolute atomic E-state index is 0.0242. The van der Waals surface area contributed by atoms with Crippen molar-refractivity contribution in [3.8, 4) is 11.5 Å². The van der Waals surface area contributed by atoms with E-state index < -0.39 is 6.61 Å². The number of aromatic nitrogens is 2. The number of fused-ring (bicyclic) bond motifs is 1. The van der Waals surface area contributed by atoms with E-state index in [1.807, 2.05) is 13.8 Å². The van der Waals surface area contributed by atoms with Crippen LogP contribution in [0.2, 0.25) is 0 Å². The third-order valence-corrected chi connectivity index (χ3v) is 6.53. The van der Waals surface area contributed by atoms with Crippen molar-refractivity contribution in [2.75, 3.05) is 7.11 Å². The number of nitrogens with zero attached hydrogens (tertiary/aromatic N) is 2. The number of ether oxygens (including phenoxy) is 2. The van der Waals surface area contributed by atoms with Crippen LogP contribution in [0, 0.1) is 13.8 Å². The lowest BCUT2D eigenvalue weighted by Crippen LogP contribution is -2.22. The molecule has 0 spiro atoms. The average Bonchev–Trinajstić information content (AvgIpc) is 2.97. The van der Waals surface area contributed by atoms with E-state index in [9.17, 15) is 13.6 Å². The Labute approximate surface area is 175 Å². The normalized spacial score (nSPS) is 11.2. The molecule has 3 rings (SSSR count). The summed E-state index contributed by atoms with van der Waals surface area (Å²) in [7, 11) is 1.39. The Hall–Kier alpha value is -2.39. The van der Waals surface area contributed by atoms with Gasteiger partial charge in [-0.2, -0.15) is 8.78 Å². The minimum Gasteiger partial charge on any atom is -0.493 e. The van der Waals surface area contributed by atoms with Crippen LogP contribution in [-0.4, -0.2) is 23.3 Å². The molecule has 29 heavy (non-hydrogen) atoms. The second-order valence-corrected chi connectivity index (χ2v) is 8.36. The van der Waals surface area contributed by atoms with E-state index in [0.717, 1.165) is 16.0 Å². The van der Waals surface area contributed by atoms with Gasteiger partial charge in [-0.05, 0) is 37.1 Å². The Morgan fingerprint density at radius 1 is 1.34 bits per heavy atom. The predicted octanol–water partition coefficient (Wildman–Crippen LogP) is 5.16. The molecule has 0 aliphatic rings. The van der Waals surface area contributed by atoms with Crippen LogP contribution in [0.4, 0.5) is 8.78 Å². The second kappa shape index (κ2) is 8.96. The van der Waals surface area contributed by atoms with Crippen LogP contribution in [0.1, 0.15) is 16.0 Å². The average molecular weight is 439 g/mol. The molecule has 0 atom stereocenters. The summed E-state index contributed by atoms with van der Waals surface area (Å²) < 4.78 is 36.2. The quantitative estimate of drug-likeness (QED) is 0.276. The number of allylic oxidation sites excluding steroid dienone is 1. The van der Waals surface area contributed by atoms with Crippen LogP contribution in [-0.2, 0) is 12.3 Å². The van der Waals surface area contributed by atoms with Gasteiger partial charge in [0.15, 0.2) is 16.7 Å². The number of hydrogen-bond acceptors (Lipinski definition) is 6. The molecule has 9 heteroatoms. The first-order chi connectivity index (χ1) is 13.8. The Morgan fingerprint density at radius 3 is 2.76 bits per heavy atom. The first kappa shape index (κ1) is 21.3. The molecule has 0 saturated heterocycles. The highest BCUT2D eigenvalue weighted by molar-refractivity contribution is 7.98. The third-order valence-electron chi connectivity index (χ3n) is 4.38. The molecule has 0 bridgehead atoms. The molecule has 2 aromatic heterocycles. The maximum Gasteiger partial charge on any atom is 0.387 e. The predicted molar refractivity (Wildman–Crippen MR) is 113 cm³/mol. The van der Waals surface area contributed by atoms with Gasteiger partial charge < -0.3 is 9.47 Å². The molecule has 2 heterocycles. The Morgan fingerprint density at radius 2 is 2.10 bits per heavy atom. The zero-order valence-corrected chi connectivity index (χ0v) is 17.8. The van der Waals surface area contributed by atoms with Gasteiger partial charge in [-0.25, -0.2) is 4.98 Å². The number of halogens is 2. The lowest BCUT2D eigenvalue weighted by molar-refractivity contribution is -0.0512. The van der Waals surface area contributed by atoms with Gasteiger partial charge in [-0.3, -0.25) is 9.36 Å². The van der Waals surface area contributed by atoms with Crippen molar-refractivity contribution in [3.05, 3.63) is 57.2 Å². The number of thioether (sulfide) groups is 1. The molecule has 3 aromatic rings. The molecule has 0 fully saturated rings. The van der Waals surface area contributed by atoms with Crippen molar-refractivity contribution in [2.24, 2.45) is 0 Å². The van der Waals surface area contributed by atoms with Crippen molar-refractivity contribution in [2.45, 2.75) is 37.9 Å². The number of methoxy groups -OCH3 is 1. The third kappa shape index (κ3) is 4.45. The van der Waals surface area contributed by atoms with Crippen LogP contribution < -0.4 is 15.0 Å². The van der Waals surface area contributed by atoms with Gasteiger partial charge in [0.2, 0.25) is 0 Å². The summed E-state index contributed by atoms with van der Waals surface area (Å²) in [6.45, 7) is 5.06. The maximum atomic E-state index is 13.0. The summed E-state index contributed by atoms with van der Waals surface area (Å²) in [6.07, 6.45) is 1.66. The van der Waals surface area contributed by atoms with Crippen molar-refractivity contribution in [3.63, 3.8) is 0 Å². The van der Waals surface area contributed by atoms with Gasteiger partial charge >= 0.3 is 6.61 Å². The zero-order chi connectivity index (χ0) is 21.1. The number of hydrogen-bond donors (Lipinski definition) is 0. The molecule has 5 nitrogen and oxygen atoms in total. The van der Waals surface area contributed by atoms with Crippen molar-refractivity contribution >= 4 is 33.3 Å². The number of alkyl halides is 2. The lowest BCUT2D eigenvalue weighted by Gasteiger charge is -2.12. The minimum atomic E-state index is -2.92. The Kier molecular flexibility index (Phi) is 6.59. The summed E-state index contributed by atoms with van der Waals surface area (Å²) in [6, 6.07) is 4.76. The fourth-order valence-electron chi connectivity index (χ4n) is 2.85. The summed E-state index contributed by atoms with van der Waals surface area (Å²) in [4.78, 5) is 19.5. The molecule has 0 aliphatic heterocycles. The molecule has 0 aliphatic carbocycles. The van der Waals surface area contributed by atoms with Crippen molar-refractivity contribution in [1.29, 1.82) is 0 Å². The standard InChI is InChI=1S/C20H20F2N2O3S2/c1-5-8-24-18(25)16-11(2)12(3)29-17(16)23-20(24)28-10-13-6-7-14(27-19(21)22)15(9-13)26-4/h5-7,9,19H,1,8,10H2,2-4H3. The van der Waals surface area contributed by atoms with Gasteiger partial charge in [0.25, 0.3) is 5.56 Å². The fraction of sp³-hybridized carbons (Fsp3) is 0.300. The van der Waals surface area contributed by atoms with Gasteiger partial charge in [-0.15, -0.1) is 17.9 Å². The summed E-state index contributed by atoms with van der Waals surface area (Å²) in [5.74, 6) is 0.674.